The van der Waals surface area contributed by atoms with Crippen LogP contribution >= 0.6 is 0 Å². The highest BCUT2D eigenvalue weighted by Crippen LogP contribution is 1.87. The van der Waals surface area contributed by atoms with E-state index in [9.17, 15) is 9.59 Å². The molecule has 0 fully saturated rings. The molecule has 92 valence electrons. The van der Waals surface area contributed by atoms with Crippen LogP contribution in [0.5, 0.6) is 0 Å². The van der Waals surface area contributed by atoms with E-state index in [0.29, 0.717) is 0 Å². The molecule has 3 N–H and O–H groups in total. The van der Waals surface area contributed by atoms with E-state index < -0.39 is 11.9 Å². The molecule has 0 aromatic rings. The Hall–Kier alpha value is -1.10. The fourth-order valence-corrected chi connectivity index (χ4v) is 0. The predicted octanol–water partition coefficient (Wildman–Crippen LogP) is 1.45. The number of aliphatic carboxylic acids is 2. The third-order valence-electron chi connectivity index (χ3n) is 0.988. The van der Waals surface area contributed by atoms with Crippen LogP contribution in [0.25, 0.3) is 0 Å². The molecule has 0 bridgehead atoms. The minimum atomic E-state index is -0.741. The van der Waals surface area contributed by atoms with Crippen LogP contribution in [-0.2, 0) is 9.59 Å². The molecule has 0 saturated heterocycles. The van der Waals surface area contributed by atoms with Crippen LogP contribution in [0.4, 0.5) is 0 Å². The number of rotatable bonds is 2. The third kappa shape index (κ3) is 32.2. The molecule has 5 nitrogen and oxygen atoms in total. The predicted molar refractivity (Wildman–Crippen MR) is 57.7 cm³/mol. The molecule has 0 aromatic heterocycles. The molecule has 0 rings (SSSR count). The number of hydrogen-bond donors (Lipinski definition) is 3. The van der Waals surface area contributed by atoms with Crippen molar-refractivity contribution >= 4 is 11.9 Å². The van der Waals surface area contributed by atoms with E-state index in [1.807, 2.05) is 0 Å². The van der Waals surface area contributed by atoms with E-state index in [2.05, 4.69) is 0 Å². The maximum atomic E-state index is 9.70. The number of aliphatic hydroxyl groups is 1. The van der Waals surface area contributed by atoms with Gasteiger partial charge in [0, 0.05) is 6.61 Å². The first kappa shape index (κ1) is 19.5. The molecule has 5 heteroatoms. The maximum Gasteiger partial charge on any atom is 0.305 e. The SMILES string of the molecule is CC(C)C(=O)O.CC(C)C(=O)O.CCO. The second kappa shape index (κ2) is 12.9. The number of carboxylic acid groups (broad SMARTS) is 2. The standard InChI is InChI=1S/2C4H8O2.C2H6O/c2*1-3(2)4(5)6;1-2-3/h2*3H,1-2H3,(H,5,6);3H,2H2,1H3. The monoisotopic (exact) mass is 222 g/mol. The smallest absolute Gasteiger partial charge is 0.305 e. The molecule has 0 amide bonds. The normalized spacial score (nSPS) is 8.53. The van der Waals surface area contributed by atoms with E-state index in [1.165, 1.54) is 0 Å². The molecule has 0 saturated carbocycles. The Morgan fingerprint density at radius 1 is 0.933 bits per heavy atom. The van der Waals surface area contributed by atoms with Gasteiger partial charge in [-0.2, -0.15) is 0 Å². The van der Waals surface area contributed by atoms with E-state index in [0.717, 1.165) is 0 Å². The quantitative estimate of drug-likeness (QED) is 0.657. The van der Waals surface area contributed by atoms with Gasteiger partial charge in [-0.3, -0.25) is 9.59 Å². The van der Waals surface area contributed by atoms with Gasteiger partial charge in [0.25, 0.3) is 0 Å². The van der Waals surface area contributed by atoms with Gasteiger partial charge in [-0.15, -0.1) is 0 Å². The van der Waals surface area contributed by atoms with Crippen LogP contribution in [0.15, 0.2) is 0 Å². The van der Waals surface area contributed by atoms with Crippen LogP contribution in [0, 0.1) is 11.8 Å². The fraction of sp³-hybridized carbons (Fsp3) is 0.800. The van der Waals surface area contributed by atoms with Crippen LogP contribution in [-0.4, -0.2) is 33.9 Å². The van der Waals surface area contributed by atoms with Gasteiger partial charge >= 0.3 is 11.9 Å². The Morgan fingerprint density at radius 3 is 1.00 bits per heavy atom. The van der Waals surface area contributed by atoms with Crippen LogP contribution in [0.3, 0.4) is 0 Å². The molecular formula is C10H22O5. The summed E-state index contributed by atoms with van der Waals surface area (Å²) in [6.07, 6.45) is 0. The first-order valence-electron chi connectivity index (χ1n) is 4.77. The molecule has 0 atom stereocenters. The minimum absolute atomic E-state index is 0.231. The second-order valence-corrected chi connectivity index (χ2v) is 3.30. The van der Waals surface area contributed by atoms with E-state index in [4.69, 9.17) is 15.3 Å². The average molecular weight is 222 g/mol. The van der Waals surface area contributed by atoms with Gasteiger partial charge in [0.1, 0.15) is 0 Å². The number of carbonyl (C=O) groups is 2. The fourth-order valence-electron chi connectivity index (χ4n) is 0. The molecule has 0 heterocycles. The van der Waals surface area contributed by atoms with Crippen molar-refractivity contribution in [2.75, 3.05) is 6.61 Å². The minimum Gasteiger partial charge on any atom is -0.481 e. The van der Waals surface area contributed by atoms with Crippen LogP contribution in [0.1, 0.15) is 34.6 Å². The van der Waals surface area contributed by atoms with Gasteiger partial charge in [0.15, 0.2) is 0 Å². The largest absolute Gasteiger partial charge is 0.481 e. The highest BCUT2D eigenvalue weighted by Gasteiger charge is 1.99. The summed E-state index contributed by atoms with van der Waals surface area (Å²) in [4.78, 5) is 19.4. The summed E-state index contributed by atoms with van der Waals surface area (Å²) >= 11 is 0. The lowest BCUT2D eigenvalue weighted by Crippen LogP contribution is -2.03. The summed E-state index contributed by atoms with van der Waals surface area (Å²) in [5, 5.41) is 23.6. The summed E-state index contributed by atoms with van der Waals surface area (Å²) in [7, 11) is 0. The Bertz CT molecular complexity index is 145. The van der Waals surface area contributed by atoms with Crippen molar-refractivity contribution in [3.63, 3.8) is 0 Å². The lowest BCUT2D eigenvalue weighted by atomic mass is 10.2. The zero-order valence-electron chi connectivity index (χ0n) is 10.0. The number of carboxylic acids is 2. The Kier molecular flexibility index (Phi) is 16.7. The Labute approximate surface area is 90.7 Å². The maximum absolute atomic E-state index is 9.70. The van der Waals surface area contributed by atoms with Crippen molar-refractivity contribution in [2.45, 2.75) is 34.6 Å². The van der Waals surface area contributed by atoms with Gasteiger partial charge in [0.05, 0.1) is 11.8 Å². The van der Waals surface area contributed by atoms with Gasteiger partial charge in [-0.25, -0.2) is 0 Å². The number of hydrogen-bond acceptors (Lipinski definition) is 3. The molecule has 0 aromatic carbocycles. The lowest BCUT2D eigenvalue weighted by Gasteiger charge is -1.89. The first-order valence-corrected chi connectivity index (χ1v) is 4.77. The van der Waals surface area contributed by atoms with E-state index in [1.54, 1.807) is 34.6 Å². The summed E-state index contributed by atoms with van der Waals surface area (Å²) in [6.45, 7) is 8.50. The third-order valence-corrected chi connectivity index (χ3v) is 0.988. The Morgan fingerprint density at radius 2 is 1.00 bits per heavy atom. The zero-order chi connectivity index (χ0) is 13.0. The molecular weight excluding hydrogens is 200 g/mol. The summed E-state index contributed by atoms with van der Waals surface area (Å²) < 4.78 is 0. The van der Waals surface area contributed by atoms with Crippen molar-refractivity contribution in [3.05, 3.63) is 0 Å². The highest BCUT2D eigenvalue weighted by molar-refractivity contribution is 5.69. The molecule has 0 spiro atoms. The van der Waals surface area contributed by atoms with Crippen LogP contribution < -0.4 is 0 Å². The second-order valence-electron chi connectivity index (χ2n) is 3.30. The van der Waals surface area contributed by atoms with Crippen molar-refractivity contribution in [3.8, 4) is 0 Å². The van der Waals surface area contributed by atoms with Crippen molar-refractivity contribution in [1.29, 1.82) is 0 Å². The Balaban J connectivity index is -0.000000153. The number of aliphatic hydroxyl groups excluding tert-OH is 1. The highest BCUT2D eigenvalue weighted by atomic mass is 16.4. The van der Waals surface area contributed by atoms with Gasteiger partial charge in [-0.05, 0) is 6.92 Å². The molecule has 0 aliphatic carbocycles. The lowest BCUT2D eigenvalue weighted by molar-refractivity contribution is -0.141. The first-order chi connectivity index (χ1) is 6.70. The van der Waals surface area contributed by atoms with Crippen molar-refractivity contribution in [1.82, 2.24) is 0 Å². The van der Waals surface area contributed by atoms with E-state index in [-0.39, 0.29) is 18.4 Å². The van der Waals surface area contributed by atoms with Gasteiger partial charge < -0.3 is 15.3 Å². The van der Waals surface area contributed by atoms with Crippen LogP contribution in [0.2, 0.25) is 0 Å². The van der Waals surface area contributed by atoms with Crippen molar-refractivity contribution in [2.24, 2.45) is 11.8 Å². The average Bonchev–Trinajstić information content (AvgIpc) is 2.06. The van der Waals surface area contributed by atoms with Gasteiger partial charge in [-0.1, -0.05) is 27.7 Å². The molecule has 15 heavy (non-hydrogen) atoms. The van der Waals surface area contributed by atoms with E-state index >= 15 is 0 Å². The van der Waals surface area contributed by atoms with Crippen molar-refractivity contribution < 1.29 is 24.9 Å². The molecule has 0 aliphatic rings. The summed E-state index contributed by atoms with van der Waals surface area (Å²) in [5.74, 6) is -1.94. The van der Waals surface area contributed by atoms with Gasteiger partial charge in [0.2, 0.25) is 0 Å². The molecule has 0 unspecified atom stereocenters. The molecule has 0 aliphatic heterocycles. The topological polar surface area (TPSA) is 94.8 Å². The molecule has 0 radical (unpaired) electrons. The summed E-state index contributed by atoms with van der Waals surface area (Å²) in [6, 6.07) is 0. The zero-order valence-corrected chi connectivity index (χ0v) is 10.0. The summed E-state index contributed by atoms with van der Waals surface area (Å²) in [5.41, 5.74) is 0.